The van der Waals surface area contributed by atoms with Gasteiger partial charge in [0.05, 0.1) is 0 Å². The van der Waals surface area contributed by atoms with Crippen LogP contribution in [0.5, 0.6) is 5.75 Å². The predicted octanol–water partition coefficient (Wildman–Crippen LogP) is 3.97. The van der Waals surface area contributed by atoms with E-state index in [9.17, 15) is 0 Å². The fourth-order valence-corrected chi connectivity index (χ4v) is 2.69. The van der Waals surface area contributed by atoms with Crippen LogP contribution in [0.4, 0.5) is 5.82 Å². The van der Waals surface area contributed by atoms with Gasteiger partial charge in [0.25, 0.3) is 0 Å². The Labute approximate surface area is 176 Å². The molecule has 2 heterocycles. The standard InChI is InChI=1S/C20H17N4O.Y/c1-13(14-7-3-2-4-8-14)25-18-11-15(12-22-19(18)21)20-23-16-9-5-6-10-17(16)24-20;/h2-13H,1H3,(H2-,21,22,23,24);/q-1;. The Morgan fingerprint density at radius 3 is 2.54 bits per heavy atom. The molecule has 4 aromatic rings. The Hall–Kier alpha value is -2.24. The number of benzene rings is 2. The van der Waals surface area contributed by atoms with E-state index in [2.05, 4.69) is 15.0 Å². The first-order valence-electron chi connectivity index (χ1n) is 8.07. The van der Waals surface area contributed by atoms with Gasteiger partial charge in [-0.2, -0.15) is 0 Å². The topological polar surface area (TPSA) is 75.1 Å². The van der Waals surface area contributed by atoms with Crippen LogP contribution < -0.4 is 15.5 Å². The average molecular weight is 418 g/mol. The van der Waals surface area contributed by atoms with Gasteiger partial charge in [0.2, 0.25) is 0 Å². The number of pyridine rings is 1. The van der Waals surface area contributed by atoms with Crippen LogP contribution in [0.25, 0.3) is 22.4 Å². The van der Waals surface area contributed by atoms with Crippen LogP contribution in [0.1, 0.15) is 18.6 Å². The summed E-state index contributed by atoms with van der Waals surface area (Å²) in [6, 6.07) is 19.6. The summed E-state index contributed by atoms with van der Waals surface area (Å²) in [5.74, 6) is 1.50. The second-order valence-corrected chi connectivity index (χ2v) is 5.81. The summed E-state index contributed by atoms with van der Waals surface area (Å²) in [7, 11) is 0. The molecular weight excluding hydrogens is 401 g/mol. The van der Waals surface area contributed by atoms with Crippen molar-refractivity contribution in [2.45, 2.75) is 13.0 Å². The van der Waals surface area contributed by atoms with E-state index in [-0.39, 0.29) is 38.8 Å². The summed E-state index contributed by atoms with van der Waals surface area (Å²) in [4.78, 5) is 13.3. The molecule has 0 aliphatic heterocycles. The largest absolute Gasteiger partial charge is 0.482 e. The number of aromatic nitrogens is 3. The molecule has 2 aromatic carbocycles. The maximum absolute atomic E-state index is 6.02. The minimum absolute atomic E-state index is 0. The third kappa shape index (κ3) is 3.79. The number of hydrogen-bond acceptors (Lipinski definition) is 4. The van der Waals surface area contributed by atoms with Gasteiger partial charge in [0, 0.05) is 38.9 Å². The van der Waals surface area contributed by atoms with E-state index in [1.54, 1.807) is 6.20 Å². The molecule has 0 spiro atoms. The van der Waals surface area contributed by atoms with Crippen LogP contribution in [-0.2, 0) is 32.7 Å². The number of anilines is 1. The summed E-state index contributed by atoms with van der Waals surface area (Å²) in [6.07, 6.45) is 1.53. The van der Waals surface area contributed by atoms with Crippen LogP contribution in [0.3, 0.4) is 0 Å². The molecule has 26 heavy (non-hydrogen) atoms. The van der Waals surface area contributed by atoms with E-state index in [4.69, 9.17) is 10.5 Å². The summed E-state index contributed by atoms with van der Waals surface area (Å²) >= 11 is 0. The molecule has 5 nitrogen and oxygen atoms in total. The number of fused-ring (bicyclic) bond motifs is 1. The monoisotopic (exact) mass is 418 g/mol. The van der Waals surface area contributed by atoms with Gasteiger partial charge in [-0.05, 0) is 41.0 Å². The summed E-state index contributed by atoms with van der Waals surface area (Å²) < 4.78 is 6.02. The molecular formula is C20H17N4OY-. The van der Waals surface area contributed by atoms with Crippen molar-refractivity contribution in [3.8, 4) is 17.1 Å². The Kier molecular flexibility index (Phi) is 5.69. The fraction of sp³-hybridized carbons (Fsp3) is 0.100. The normalized spacial score (nSPS) is 11.7. The van der Waals surface area contributed by atoms with E-state index in [0.717, 1.165) is 22.2 Å². The molecule has 1 radical (unpaired) electrons. The third-order valence-corrected chi connectivity index (χ3v) is 4.05. The first-order valence-corrected chi connectivity index (χ1v) is 8.07. The molecule has 4 rings (SSSR count). The Morgan fingerprint density at radius 1 is 1.04 bits per heavy atom. The van der Waals surface area contributed by atoms with Gasteiger partial charge in [0.1, 0.15) is 6.10 Å². The molecule has 0 bridgehead atoms. The zero-order chi connectivity index (χ0) is 17.2. The van der Waals surface area contributed by atoms with Crippen molar-refractivity contribution < 1.29 is 37.4 Å². The van der Waals surface area contributed by atoms with E-state index < -0.39 is 0 Å². The van der Waals surface area contributed by atoms with Crippen LogP contribution in [0.15, 0.2) is 66.9 Å². The van der Waals surface area contributed by atoms with Crippen LogP contribution in [0.2, 0.25) is 0 Å². The molecule has 0 saturated heterocycles. The van der Waals surface area contributed by atoms with Gasteiger partial charge in [-0.15, -0.1) is 0 Å². The number of rotatable bonds is 4. The van der Waals surface area contributed by atoms with Crippen LogP contribution in [-0.4, -0.2) is 9.97 Å². The molecule has 6 heteroatoms. The van der Waals surface area contributed by atoms with Crippen molar-refractivity contribution >= 4 is 16.9 Å². The smallest absolute Gasteiger partial charge is 0.166 e. The van der Waals surface area contributed by atoms with E-state index in [0.29, 0.717) is 17.4 Å². The van der Waals surface area contributed by atoms with Crippen LogP contribution >= 0.6 is 0 Å². The van der Waals surface area contributed by atoms with Gasteiger partial charge in [-0.3, -0.25) is 0 Å². The molecule has 0 aliphatic rings. The quantitative estimate of drug-likeness (QED) is 0.543. The molecule has 1 unspecified atom stereocenters. The number of imidazole rings is 1. The number of nitrogens with two attached hydrogens (primary N) is 1. The van der Waals surface area contributed by atoms with Crippen molar-refractivity contribution in [1.29, 1.82) is 0 Å². The zero-order valence-corrected chi connectivity index (χ0v) is 17.2. The number of nitrogens with zero attached hydrogens (tertiary/aromatic N) is 3. The number of hydrogen-bond donors (Lipinski definition) is 1. The minimum Gasteiger partial charge on any atom is -0.482 e. The average Bonchev–Trinajstić information content (AvgIpc) is 3.08. The third-order valence-electron chi connectivity index (χ3n) is 4.05. The maximum Gasteiger partial charge on any atom is 0.166 e. The summed E-state index contributed by atoms with van der Waals surface area (Å²) in [5, 5.41) is 0. The van der Waals surface area contributed by atoms with Crippen molar-refractivity contribution in [2.24, 2.45) is 0 Å². The van der Waals surface area contributed by atoms with E-state index in [1.807, 2.05) is 67.6 Å². The Balaban J connectivity index is 0.00000196. The molecule has 2 N–H and O–H groups in total. The number of ether oxygens (including phenoxy) is 1. The van der Waals surface area contributed by atoms with Crippen molar-refractivity contribution in [2.75, 3.05) is 5.73 Å². The van der Waals surface area contributed by atoms with Gasteiger partial charge < -0.3 is 20.4 Å². The van der Waals surface area contributed by atoms with Crippen molar-refractivity contribution in [3.63, 3.8) is 0 Å². The Morgan fingerprint density at radius 2 is 1.77 bits per heavy atom. The Bertz CT molecular complexity index is 984. The molecule has 2 aromatic heterocycles. The summed E-state index contributed by atoms with van der Waals surface area (Å²) in [5.41, 5.74) is 9.55. The molecule has 0 fully saturated rings. The van der Waals surface area contributed by atoms with Crippen molar-refractivity contribution in [1.82, 2.24) is 15.0 Å². The molecule has 1 atom stereocenters. The summed E-state index contributed by atoms with van der Waals surface area (Å²) in [6.45, 7) is 1.98. The van der Waals surface area contributed by atoms with Gasteiger partial charge in [-0.25, -0.2) is 4.98 Å². The predicted molar refractivity (Wildman–Crippen MR) is 98.2 cm³/mol. The minimum atomic E-state index is -0.139. The molecule has 0 aliphatic carbocycles. The molecule has 0 amide bonds. The maximum atomic E-state index is 6.02. The molecule has 0 saturated carbocycles. The van der Waals surface area contributed by atoms with Gasteiger partial charge >= 0.3 is 0 Å². The zero-order valence-electron chi connectivity index (χ0n) is 14.3. The van der Waals surface area contributed by atoms with E-state index in [1.165, 1.54) is 0 Å². The molecule has 127 valence electrons. The number of para-hydroxylation sites is 2. The van der Waals surface area contributed by atoms with Crippen LogP contribution in [0, 0.1) is 0 Å². The number of nitrogen functional groups attached to an aromatic ring is 1. The van der Waals surface area contributed by atoms with E-state index >= 15 is 0 Å². The van der Waals surface area contributed by atoms with Gasteiger partial charge in [0.15, 0.2) is 11.6 Å². The first-order chi connectivity index (χ1) is 12.2. The second kappa shape index (κ2) is 7.98. The van der Waals surface area contributed by atoms with Crippen molar-refractivity contribution in [3.05, 3.63) is 72.4 Å². The van der Waals surface area contributed by atoms with Gasteiger partial charge in [-0.1, -0.05) is 54.6 Å². The SMILES string of the molecule is CC(Oc1cc(-c2nc3ccccc3[n-]2)cnc1N)c1ccccc1.[Y]. The fourth-order valence-electron chi connectivity index (χ4n) is 2.69. The second-order valence-electron chi connectivity index (χ2n) is 5.81. The first kappa shape index (κ1) is 18.6.